The topological polar surface area (TPSA) is 46.6 Å². The Bertz CT molecular complexity index is 459. The van der Waals surface area contributed by atoms with Gasteiger partial charge in [-0.1, -0.05) is 29.8 Å². The number of hydrogen-bond acceptors (Lipinski definition) is 3. The minimum Gasteiger partial charge on any atom is -0.469 e. The molecule has 0 aliphatic heterocycles. The molecular weight excluding hydrogens is 322 g/mol. The van der Waals surface area contributed by atoms with Crippen LogP contribution in [0.1, 0.15) is 30.6 Å². The molecule has 5 heteroatoms. The van der Waals surface area contributed by atoms with Crippen molar-refractivity contribution in [1.29, 1.82) is 0 Å². The van der Waals surface area contributed by atoms with E-state index in [1.807, 2.05) is 19.1 Å². The van der Waals surface area contributed by atoms with Crippen molar-refractivity contribution in [2.45, 2.75) is 20.3 Å². The summed E-state index contributed by atoms with van der Waals surface area (Å²) in [4.78, 5) is 25.6. The monoisotopic (exact) mass is 341 g/mol. The zero-order valence-corrected chi connectivity index (χ0v) is 13.6. The molecule has 110 valence electrons. The van der Waals surface area contributed by atoms with Crippen LogP contribution in [0.25, 0.3) is 0 Å². The molecule has 0 N–H and O–H groups in total. The molecule has 0 radical (unpaired) electrons. The second-order valence-corrected chi connectivity index (χ2v) is 5.60. The van der Waals surface area contributed by atoms with Crippen LogP contribution in [0.15, 0.2) is 28.7 Å². The van der Waals surface area contributed by atoms with Gasteiger partial charge >= 0.3 is 5.97 Å². The van der Waals surface area contributed by atoms with E-state index in [9.17, 15) is 9.59 Å². The molecule has 1 amide bonds. The van der Waals surface area contributed by atoms with Gasteiger partial charge in [-0.15, -0.1) is 0 Å². The molecule has 0 saturated heterocycles. The summed E-state index contributed by atoms with van der Waals surface area (Å²) < 4.78 is 5.64. The molecule has 20 heavy (non-hydrogen) atoms. The van der Waals surface area contributed by atoms with Gasteiger partial charge in [0, 0.05) is 23.1 Å². The quantitative estimate of drug-likeness (QED) is 0.747. The summed E-state index contributed by atoms with van der Waals surface area (Å²) >= 11 is 3.34. The highest BCUT2D eigenvalue weighted by atomic mass is 79.9. The van der Waals surface area contributed by atoms with Gasteiger partial charge in [-0.2, -0.15) is 0 Å². The van der Waals surface area contributed by atoms with E-state index in [1.165, 1.54) is 7.11 Å². The van der Waals surface area contributed by atoms with Crippen LogP contribution in [0.3, 0.4) is 0 Å². The highest BCUT2D eigenvalue weighted by molar-refractivity contribution is 9.10. The molecule has 1 rings (SSSR count). The molecular formula is C15H20BrNO3. The first-order chi connectivity index (χ1) is 9.49. The molecule has 1 unspecified atom stereocenters. The van der Waals surface area contributed by atoms with Crippen molar-refractivity contribution in [2.75, 3.05) is 20.2 Å². The number of halogens is 1. The second kappa shape index (κ2) is 8.04. The molecule has 0 aliphatic carbocycles. The Morgan fingerprint density at radius 1 is 1.30 bits per heavy atom. The van der Waals surface area contributed by atoms with Crippen LogP contribution in [0.5, 0.6) is 0 Å². The van der Waals surface area contributed by atoms with E-state index in [0.29, 0.717) is 18.7 Å². The number of ether oxygens (including phenoxy) is 1. The number of carbonyl (C=O) groups is 2. The van der Waals surface area contributed by atoms with Gasteiger partial charge in [0.25, 0.3) is 5.91 Å². The minimum atomic E-state index is -0.328. The SMILES string of the molecule is CCCN(CC(C)C(=O)OC)C(=O)c1ccc(Br)cc1. The van der Waals surface area contributed by atoms with E-state index in [0.717, 1.165) is 10.9 Å². The third-order valence-corrected chi connectivity index (χ3v) is 3.50. The van der Waals surface area contributed by atoms with Crippen LogP contribution in [-0.4, -0.2) is 37.0 Å². The Balaban J connectivity index is 2.81. The molecule has 0 fully saturated rings. The van der Waals surface area contributed by atoms with Gasteiger partial charge < -0.3 is 9.64 Å². The van der Waals surface area contributed by atoms with E-state index in [1.54, 1.807) is 24.0 Å². The third kappa shape index (κ3) is 4.63. The maximum atomic E-state index is 12.5. The van der Waals surface area contributed by atoms with Crippen LogP contribution >= 0.6 is 15.9 Å². The minimum absolute atomic E-state index is 0.0601. The van der Waals surface area contributed by atoms with Gasteiger partial charge in [-0.05, 0) is 30.7 Å². The maximum absolute atomic E-state index is 12.5. The lowest BCUT2D eigenvalue weighted by atomic mass is 10.1. The van der Waals surface area contributed by atoms with Crippen molar-refractivity contribution in [3.8, 4) is 0 Å². The van der Waals surface area contributed by atoms with E-state index in [4.69, 9.17) is 4.74 Å². The van der Waals surface area contributed by atoms with Crippen molar-refractivity contribution in [3.63, 3.8) is 0 Å². The van der Waals surface area contributed by atoms with Gasteiger partial charge in [0.1, 0.15) is 0 Å². The van der Waals surface area contributed by atoms with Crippen LogP contribution in [0.2, 0.25) is 0 Å². The first-order valence-corrected chi connectivity index (χ1v) is 7.41. The average Bonchev–Trinajstić information content (AvgIpc) is 2.45. The first-order valence-electron chi connectivity index (χ1n) is 6.62. The van der Waals surface area contributed by atoms with Gasteiger partial charge in [0.2, 0.25) is 0 Å². The fraction of sp³-hybridized carbons (Fsp3) is 0.467. The van der Waals surface area contributed by atoms with Crippen molar-refractivity contribution in [1.82, 2.24) is 4.90 Å². The lowest BCUT2D eigenvalue weighted by Crippen LogP contribution is -2.37. The Kier molecular flexibility index (Phi) is 6.71. The van der Waals surface area contributed by atoms with Gasteiger partial charge in [0.05, 0.1) is 13.0 Å². The van der Waals surface area contributed by atoms with Crippen LogP contribution in [0.4, 0.5) is 0 Å². The standard InChI is InChI=1S/C15H20BrNO3/c1-4-9-17(10-11(2)15(19)20-3)14(18)12-5-7-13(16)8-6-12/h5-8,11H,4,9-10H2,1-3H3. The number of methoxy groups -OCH3 is 1. The Hall–Kier alpha value is -1.36. The first kappa shape index (κ1) is 16.7. The Labute approximate surface area is 128 Å². The van der Waals surface area contributed by atoms with E-state index < -0.39 is 0 Å². The number of hydrogen-bond donors (Lipinski definition) is 0. The number of benzene rings is 1. The van der Waals surface area contributed by atoms with Crippen LogP contribution in [0, 0.1) is 5.92 Å². The molecule has 0 aromatic heterocycles. The normalized spacial score (nSPS) is 11.8. The smallest absolute Gasteiger partial charge is 0.310 e. The number of rotatable bonds is 6. The van der Waals surface area contributed by atoms with Crippen molar-refractivity contribution >= 4 is 27.8 Å². The third-order valence-electron chi connectivity index (χ3n) is 2.97. The van der Waals surface area contributed by atoms with E-state index in [-0.39, 0.29) is 17.8 Å². The second-order valence-electron chi connectivity index (χ2n) is 4.68. The lowest BCUT2D eigenvalue weighted by molar-refractivity contribution is -0.145. The average molecular weight is 342 g/mol. The molecule has 0 aliphatic rings. The maximum Gasteiger partial charge on any atom is 0.310 e. The fourth-order valence-electron chi connectivity index (χ4n) is 1.93. The summed E-state index contributed by atoms with van der Waals surface area (Å²) in [5.41, 5.74) is 0.624. The lowest BCUT2D eigenvalue weighted by Gasteiger charge is -2.24. The highest BCUT2D eigenvalue weighted by Crippen LogP contribution is 2.14. The van der Waals surface area contributed by atoms with E-state index >= 15 is 0 Å². The number of carbonyl (C=O) groups excluding carboxylic acids is 2. The largest absolute Gasteiger partial charge is 0.469 e. The summed E-state index contributed by atoms with van der Waals surface area (Å²) in [7, 11) is 1.36. The van der Waals surface area contributed by atoms with Gasteiger partial charge in [-0.3, -0.25) is 9.59 Å². The number of esters is 1. The zero-order valence-electron chi connectivity index (χ0n) is 12.1. The molecule has 0 bridgehead atoms. The fourth-order valence-corrected chi connectivity index (χ4v) is 2.19. The number of amides is 1. The van der Waals surface area contributed by atoms with Crippen LogP contribution in [-0.2, 0) is 9.53 Å². The zero-order chi connectivity index (χ0) is 15.1. The predicted octanol–water partition coefficient (Wildman–Crippen LogP) is 3.11. The summed E-state index contributed by atoms with van der Waals surface area (Å²) in [5.74, 6) is -0.684. The van der Waals surface area contributed by atoms with Crippen molar-refractivity contribution in [2.24, 2.45) is 5.92 Å². The number of nitrogens with zero attached hydrogens (tertiary/aromatic N) is 1. The van der Waals surface area contributed by atoms with Crippen molar-refractivity contribution in [3.05, 3.63) is 34.3 Å². The summed E-state index contributed by atoms with van der Waals surface area (Å²) in [6.07, 6.45) is 0.843. The van der Waals surface area contributed by atoms with Crippen molar-refractivity contribution < 1.29 is 14.3 Å². The highest BCUT2D eigenvalue weighted by Gasteiger charge is 2.21. The van der Waals surface area contributed by atoms with Crippen LogP contribution < -0.4 is 0 Å². The van der Waals surface area contributed by atoms with Gasteiger partial charge in [-0.25, -0.2) is 0 Å². The molecule has 4 nitrogen and oxygen atoms in total. The summed E-state index contributed by atoms with van der Waals surface area (Å²) in [6, 6.07) is 7.22. The summed E-state index contributed by atoms with van der Waals surface area (Å²) in [5, 5.41) is 0. The van der Waals surface area contributed by atoms with E-state index in [2.05, 4.69) is 15.9 Å². The molecule has 0 saturated carbocycles. The molecule has 0 spiro atoms. The van der Waals surface area contributed by atoms with Gasteiger partial charge in [0.15, 0.2) is 0 Å². The molecule has 0 heterocycles. The molecule has 1 aromatic rings. The Morgan fingerprint density at radius 3 is 2.40 bits per heavy atom. The predicted molar refractivity (Wildman–Crippen MR) is 81.5 cm³/mol. The Morgan fingerprint density at radius 2 is 1.90 bits per heavy atom. The molecule has 1 aromatic carbocycles. The summed E-state index contributed by atoms with van der Waals surface area (Å²) in [6.45, 7) is 4.76. The molecule has 1 atom stereocenters.